The summed E-state index contributed by atoms with van der Waals surface area (Å²) in [5.41, 5.74) is 4.04. The van der Waals surface area contributed by atoms with Gasteiger partial charge in [0.25, 0.3) is 0 Å². The number of aromatic nitrogens is 2. The Morgan fingerprint density at radius 3 is 2.84 bits per heavy atom. The first-order valence-electron chi connectivity index (χ1n) is 6.97. The Bertz CT molecular complexity index is 529. The fourth-order valence-corrected chi connectivity index (χ4v) is 2.40. The number of rotatable bonds is 6. The highest BCUT2D eigenvalue weighted by molar-refractivity contribution is 5.33. The average molecular weight is 257 g/mol. The topological polar surface area (TPSA) is 29.9 Å². The summed E-state index contributed by atoms with van der Waals surface area (Å²) in [7, 11) is 1.99. The Balaban J connectivity index is 2.26. The van der Waals surface area contributed by atoms with Gasteiger partial charge in [-0.2, -0.15) is 0 Å². The van der Waals surface area contributed by atoms with Crippen molar-refractivity contribution < 1.29 is 0 Å². The van der Waals surface area contributed by atoms with Crippen molar-refractivity contribution in [2.24, 2.45) is 0 Å². The van der Waals surface area contributed by atoms with Gasteiger partial charge in [-0.05, 0) is 31.5 Å². The molecule has 2 rings (SSSR count). The molecule has 102 valence electrons. The number of nitrogens with zero attached hydrogens (tertiary/aromatic N) is 2. The van der Waals surface area contributed by atoms with E-state index in [1.807, 2.05) is 13.2 Å². The maximum absolute atomic E-state index is 4.50. The Labute approximate surface area is 115 Å². The molecule has 0 spiro atoms. The van der Waals surface area contributed by atoms with Crippen molar-refractivity contribution >= 4 is 0 Å². The minimum absolute atomic E-state index is 0.907. The first-order chi connectivity index (χ1) is 9.24. The van der Waals surface area contributed by atoms with Crippen LogP contribution in [0.3, 0.4) is 0 Å². The van der Waals surface area contributed by atoms with Crippen molar-refractivity contribution in [1.82, 2.24) is 14.9 Å². The molecule has 0 unspecified atom stereocenters. The lowest BCUT2D eigenvalue weighted by Crippen LogP contribution is -2.10. The smallest absolute Gasteiger partial charge is 0.113 e. The summed E-state index contributed by atoms with van der Waals surface area (Å²) in [6.07, 6.45) is 6.02. The van der Waals surface area contributed by atoms with Gasteiger partial charge in [-0.3, -0.25) is 0 Å². The second-order valence-electron chi connectivity index (χ2n) is 5.02. The summed E-state index contributed by atoms with van der Waals surface area (Å²) in [5, 5.41) is 3.24. The molecule has 0 amide bonds. The Morgan fingerprint density at radius 2 is 2.11 bits per heavy atom. The third-order valence-corrected chi connectivity index (χ3v) is 3.34. The number of nitrogens with one attached hydrogen (secondary N) is 1. The van der Waals surface area contributed by atoms with Gasteiger partial charge in [0.05, 0.1) is 0 Å². The molecule has 0 aliphatic rings. The predicted octanol–water partition coefficient (Wildman–Crippen LogP) is 2.91. The van der Waals surface area contributed by atoms with E-state index < -0.39 is 0 Å². The monoisotopic (exact) mass is 257 g/mol. The highest BCUT2D eigenvalue weighted by Gasteiger charge is 2.08. The van der Waals surface area contributed by atoms with E-state index in [9.17, 15) is 0 Å². The highest BCUT2D eigenvalue weighted by Crippen LogP contribution is 2.16. The molecule has 1 N–H and O–H groups in total. The summed E-state index contributed by atoms with van der Waals surface area (Å²) in [6, 6.07) is 6.67. The largest absolute Gasteiger partial charge is 0.335 e. The van der Waals surface area contributed by atoms with E-state index in [2.05, 4.69) is 53.1 Å². The summed E-state index contributed by atoms with van der Waals surface area (Å²) in [4.78, 5) is 4.50. The number of hydrogen-bond donors (Lipinski definition) is 1. The Hall–Kier alpha value is -1.61. The van der Waals surface area contributed by atoms with Gasteiger partial charge in [0.1, 0.15) is 5.82 Å². The predicted molar refractivity (Wildman–Crippen MR) is 79.3 cm³/mol. The number of benzene rings is 1. The van der Waals surface area contributed by atoms with Crippen molar-refractivity contribution in [2.75, 3.05) is 7.05 Å². The zero-order valence-corrected chi connectivity index (χ0v) is 12.1. The maximum atomic E-state index is 4.50. The van der Waals surface area contributed by atoms with E-state index in [1.54, 1.807) is 0 Å². The van der Waals surface area contributed by atoms with Crippen LogP contribution in [0.1, 0.15) is 35.9 Å². The maximum Gasteiger partial charge on any atom is 0.113 e. The third-order valence-electron chi connectivity index (χ3n) is 3.34. The Morgan fingerprint density at radius 1 is 1.26 bits per heavy atom. The highest BCUT2D eigenvalue weighted by atomic mass is 15.1. The van der Waals surface area contributed by atoms with Crippen molar-refractivity contribution in [3.05, 3.63) is 53.1 Å². The van der Waals surface area contributed by atoms with Crippen molar-refractivity contribution in [1.29, 1.82) is 0 Å². The second kappa shape index (κ2) is 6.53. The first kappa shape index (κ1) is 13.8. The van der Waals surface area contributed by atoms with Gasteiger partial charge in [-0.25, -0.2) is 4.98 Å². The molecular formula is C16H23N3. The standard InChI is InChI=1S/C16H23N3/c1-4-8-19-9-7-18-16(19)11-15-10-13(2)5-6-14(15)12-17-3/h5-7,9-10,17H,4,8,11-12H2,1-3H3. The summed E-state index contributed by atoms with van der Waals surface area (Å²) < 4.78 is 2.26. The fourth-order valence-electron chi connectivity index (χ4n) is 2.40. The van der Waals surface area contributed by atoms with Crippen LogP contribution in [-0.2, 0) is 19.5 Å². The third kappa shape index (κ3) is 3.44. The lowest BCUT2D eigenvalue weighted by molar-refractivity contribution is 0.645. The quantitative estimate of drug-likeness (QED) is 0.862. The second-order valence-corrected chi connectivity index (χ2v) is 5.02. The van der Waals surface area contributed by atoms with Gasteiger partial charge in [-0.15, -0.1) is 0 Å². The molecule has 19 heavy (non-hydrogen) atoms. The van der Waals surface area contributed by atoms with E-state index >= 15 is 0 Å². The molecule has 0 aliphatic carbocycles. The zero-order chi connectivity index (χ0) is 13.7. The zero-order valence-electron chi connectivity index (χ0n) is 12.1. The molecule has 0 bridgehead atoms. The minimum Gasteiger partial charge on any atom is -0.335 e. The molecule has 0 radical (unpaired) electrons. The van der Waals surface area contributed by atoms with Crippen molar-refractivity contribution in [3.63, 3.8) is 0 Å². The van der Waals surface area contributed by atoms with Gasteiger partial charge in [0.2, 0.25) is 0 Å². The fraction of sp³-hybridized carbons (Fsp3) is 0.438. The number of hydrogen-bond acceptors (Lipinski definition) is 2. The van der Waals surface area contributed by atoms with Crippen LogP contribution in [0.4, 0.5) is 0 Å². The van der Waals surface area contributed by atoms with Crippen molar-refractivity contribution in [2.45, 2.75) is 39.8 Å². The molecule has 3 heteroatoms. The van der Waals surface area contributed by atoms with Crippen LogP contribution < -0.4 is 5.32 Å². The van der Waals surface area contributed by atoms with Crippen molar-refractivity contribution in [3.8, 4) is 0 Å². The minimum atomic E-state index is 0.907. The van der Waals surface area contributed by atoms with Crippen LogP contribution in [-0.4, -0.2) is 16.6 Å². The van der Waals surface area contributed by atoms with E-state index in [-0.39, 0.29) is 0 Å². The molecule has 1 heterocycles. The van der Waals surface area contributed by atoms with Gasteiger partial charge in [-0.1, -0.05) is 30.7 Å². The van der Waals surface area contributed by atoms with Gasteiger partial charge < -0.3 is 9.88 Å². The molecule has 2 aromatic rings. The Kier molecular flexibility index (Phi) is 4.74. The van der Waals surface area contributed by atoms with Crippen LogP contribution in [0.25, 0.3) is 0 Å². The van der Waals surface area contributed by atoms with E-state index in [0.717, 1.165) is 31.8 Å². The number of aryl methyl sites for hydroxylation is 2. The lowest BCUT2D eigenvalue weighted by Gasteiger charge is -2.12. The summed E-state index contributed by atoms with van der Waals surface area (Å²) in [5.74, 6) is 1.16. The van der Waals surface area contributed by atoms with Crippen LogP contribution >= 0.6 is 0 Å². The summed E-state index contributed by atoms with van der Waals surface area (Å²) >= 11 is 0. The number of imidazole rings is 1. The molecule has 0 fully saturated rings. The van der Waals surface area contributed by atoms with Gasteiger partial charge in [0, 0.05) is 31.9 Å². The molecular weight excluding hydrogens is 234 g/mol. The molecule has 3 nitrogen and oxygen atoms in total. The molecule has 1 aromatic carbocycles. The SMILES string of the molecule is CCCn1ccnc1Cc1cc(C)ccc1CNC. The van der Waals surface area contributed by atoms with E-state index in [0.29, 0.717) is 0 Å². The van der Waals surface area contributed by atoms with Crippen LogP contribution in [0.5, 0.6) is 0 Å². The van der Waals surface area contributed by atoms with Gasteiger partial charge >= 0.3 is 0 Å². The molecule has 0 atom stereocenters. The average Bonchev–Trinajstić information content (AvgIpc) is 2.81. The summed E-state index contributed by atoms with van der Waals surface area (Å²) in [6.45, 7) is 6.29. The molecule has 0 saturated carbocycles. The lowest BCUT2D eigenvalue weighted by atomic mass is 10.0. The van der Waals surface area contributed by atoms with E-state index in [1.165, 1.54) is 16.7 Å². The molecule has 1 aromatic heterocycles. The molecule has 0 saturated heterocycles. The first-order valence-corrected chi connectivity index (χ1v) is 6.97. The van der Waals surface area contributed by atoms with Gasteiger partial charge in [0.15, 0.2) is 0 Å². The van der Waals surface area contributed by atoms with Crippen LogP contribution in [0, 0.1) is 6.92 Å². The molecule has 0 aliphatic heterocycles. The van der Waals surface area contributed by atoms with Crippen LogP contribution in [0.2, 0.25) is 0 Å². The van der Waals surface area contributed by atoms with E-state index in [4.69, 9.17) is 0 Å². The normalized spacial score (nSPS) is 10.9. The van der Waals surface area contributed by atoms with Crippen LogP contribution in [0.15, 0.2) is 30.6 Å².